The van der Waals surface area contributed by atoms with Crippen molar-refractivity contribution in [3.05, 3.63) is 255 Å². The van der Waals surface area contributed by atoms with Gasteiger partial charge in [-0.3, -0.25) is 9.55 Å². The smallest absolute Gasteiger partial charge is 0.188 e. The Labute approximate surface area is 389 Å². The van der Waals surface area contributed by atoms with Gasteiger partial charge in [-0.15, -0.1) is 0 Å². The second-order valence-electron chi connectivity index (χ2n) is 16.9. The average molecular weight is 876 g/mol. The maximum Gasteiger partial charge on any atom is 0.188 e. The quantitative estimate of drug-likeness (QED) is 0.107. The lowest BCUT2D eigenvalue weighted by atomic mass is 9.84. The first-order valence-corrected chi connectivity index (χ1v) is 24.3. The Kier molecular flexibility index (Phi) is 10.1. The van der Waals surface area contributed by atoms with E-state index in [9.17, 15) is 0 Å². The number of aromatic nitrogens is 3. The summed E-state index contributed by atoms with van der Waals surface area (Å²) in [4.78, 5) is 10.4. The van der Waals surface area contributed by atoms with Gasteiger partial charge in [-0.25, -0.2) is 4.98 Å². The van der Waals surface area contributed by atoms with Crippen LogP contribution in [0.4, 0.5) is 0 Å². The summed E-state index contributed by atoms with van der Waals surface area (Å²) in [6.07, 6.45) is 1.92. The third kappa shape index (κ3) is 7.07. The molecule has 0 atom stereocenters. The van der Waals surface area contributed by atoms with Crippen LogP contribution >= 0.6 is 7.14 Å². The predicted molar refractivity (Wildman–Crippen MR) is 280 cm³/mol. The predicted octanol–water partition coefficient (Wildman–Crippen LogP) is 14.7. The first-order chi connectivity index (χ1) is 33.1. The van der Waals surface area contributed by atoms with E-state index in [4.69, 9.17) is 9.97 Å². The molecule has 0 aliphatic heterocycles. The molecule has 2 heterocycles. The molecule has 12 rings (SSSR count). The van der Waals surface area contributed by atoms with Gasteiger partial charge in [0.05, 0.1) is 11.0 Å². The van der Waals surface area contributed by atoms with Crippen LogP contribution in [-0.2, 0) is 4.57 Å². The van der Waals surface area contributed by atoms with Gasteiger partial charge in [0.25, 0.3) is 0 Å². The number of benzene rings is 10. The third-order valence-corrected chi connectivity index (χ3v) is 15.9. The summed E-state index contributed by atoms with van der Waals surface area (Å²) in [6.45, 7) is 0. The largest absolute Gasteiger partial charge is 0.307 e. The lowest BCUT2D eigenvalue weighted by molar-refractivity contribution is 0.592. The van der Waals surface area contributed by atoms with E-state index in [0.717, 1.165) is 93.6 Å². The zero-order valence-corrected chi connectivity index (χ0v) is 37.3. The van der Waals surface area contributed by atoms with Crippen LogP contribution in [0.5, 0.6) is 0 Å². The van der Waals surface area contributed by atoms with Crippen molar-refractivity contribution >= 4 is 55.8 Å². The molecule has 0 fully saturated rings. The lowest BCUT2D eigenvalue weighted by Crippen LogP contribution is -2.26. The van der Waals surface area contributed by atoms with Crippen LogP contribution in [0.15, 0.2) is 255 Å². The van der Waals surface area contributed by atoms with Gasteiger partial charge in [0.15, 0.2) is 7.14 Å². The van der Waals surface area contributed by atoms with Crippen molar-refractivity contribution in [3.8, 4) is 61.6 Å². The Morgan fingerprint density at radius 2 is 0.851 bits per heavy atom. The molecule has 316 valence electrons. The number of hydrogen-bond donors (Lipinski definition) is 0. The van der Waals surface area contributed by atoms with Crippen molar-refractivity contribution in [1.29, 1.82) is 0 Å². The van der Waals surface area contributed by atoms with Crippen LogP contribution in [0, 0.1) is 0 Å². The van der Waals surface area contributed by atoms with Crippen molar-refractivity contribution < 1.29 is 4.57 Å². The Morgan fingerprint density at radius 1 is 0.358 bits per heavy atom. The number of hydrogen-bond acceptors (Lipinski definition) is 3. The Morgan fingerprint density at radius 3 is 1.49 bits per heavy atom. The van der Waals surface area contributed by atoms with Crippen LogP contribution in [0.25, 0.3) is 94.2 Å². The topological polar surface area (TPSA) is 47.8 Å². The molecule has 0 bridgehead atoms. The molecule has 10 aromatic carbocycles. The summed E-state index contributed by atoms with van der Waals surface area (Å²) < 4.78 is 17.7. The molecule has 0 aliphatic rings. The number of pyridine rings is 1. The molecule has 0 amide bonds. The molecule has 0 saturated heterocycles. The zero-order chi connectivity index (χ0) is 44.7. The first-order valence-electron chi connectivity index (χ1n) is 22.6. The van der Waals surface area contributed by atoms with Gasteiger partial charge in [-0.2, -0.15) is 0 Å². The van der Waals surface area contributed by atoms with Gasteiger partial charge in [0.2, 0.25) is 0 Å². The molecule has 0 saturated carbocycles. The second-order valence-corrected chi connectivity index (χ2v) is 19.6. The maximum absolute atomic E-state index is 15.4. The second kappa shape index (κ2) is 16.8. The van der Waals surface area contributed by atoms with E-state index in [1.807, 2.05) is 85.1 Å². The summed E-state index contributed by atoms with van der Waals surface area (Å²) in [6, 6.07) is 86.1. The maximum atomic E-state index is 15.4. The summed E-state index contributed by atoms with van der Waals surface area (Å²) in [5.41, 5.74) is 13.4. The van der Waals surface area contributed by atoms with Gasteiger partial charge < -0.3 is 4.57 Å². The fourth-order valence-electron chi connectivity index (χ4n) is 9.75. The molecule has 4 nitrogen and oxygen atoms in total. The normalized spacial score (nSPS) is 11.6. The van der Waals surface area contributed by atoms with E-state index in [1.165, 1.54) is 11.1 Å². The standard InChI is InChI=1S/C62H42N3OP/c66-67(51-27-12-4-13-28-51,52-29-14-5-15-30-52)59-38-35-49(42-63-59)61-54-32-17-16-31-53(54)60(48-24-18-23-45(39-48)43-19-6-1-7-20-43)55-36-33-46(40-56(55)61)47-34-37-58-57(41-47)64-62(44-21-8-2-9-22-44)65(58)50-25-10-3-11-26-50/h1-42H. The molecular formula is C62H42N3OP. The SMILES string of the molecule is O=P(c1ccccc1)(c1ccccc1)c1ccc(-c2c3ccccc3c(-c3cccc(-c4ccccc4)c3)c3ccc(-c4ccc5c(c4)nc(-c4ccccc4)n5-c4ccccc4)cc23)cn1. The fourth-order valence-corrected chi connectivity index (χ4v) is 12.3. The fraction of sp³-hybridized carbons (Fsp3) is 0. The number of fused-ring (bicyclic) bond motifs is 3. The van der Waals surface area contributed by atoms with Crippen LogP contribution < -0.4 is 16.0 Å². The summed E-state index contributed by atoms with van der Waals surface area (Å²) in [5.74, 6) is 0.897. The number of imidazole rings is 1. The van der Waals surface area contributed by atoms with Crippen LogP contribution in [0.2, 0.25) is 0 Å². The number of para-hydroxylation sites is 1. The van der Waals surface area contributed by atoms with E-state index in [-0.39, 0.29) is 0 Å². The van der Waals surface area contributed by atoms with Gasteiger partial charge in [0.1, 0.15) is 11.3 Å². The third-order valence-electron chi connectivity index (χ3n) is 12.9. The van der Waals surface area contributed by atoms with Gasteiger partial charge >= 0.3 is 0 Å². The summed E-state index contributed by atoms with van der Waals surface area (Å²) in [5, 5.41) is 6.00. The van der Waals surface area contributed by atoms with E-state index < -0.39 is 7.14 Å². The molecular weight excluding hydrogens is 834 g/mol. The van der Waals surface area contributed by atoms with Crippen molar-refractivity contribution in [1.82, 2.24) is 14.5 Å². The highest BCUT2D eigenvalue weighted by Crippen LogP contribution is 2.47. The van der Waals surface area contributed by atoms with E-state index >= 15 is 4.57 Å². The van der Waals surface area contributed by atoms with Crippen molar-refractivity contribution in [3.63, 3.8) is 0 Å². The van der Waals surface area contributed by atoms with E-state index in [0.29, 0.717) is 5.44 Å². The Hall–Kier alpha value is -8.43. The lowest BCUT2D eigenvalue weighted by Gasteiger charge is -2.21. The average Bonchev–Trinajstić information content (AvgIpc) is 3.80. The summed E-state index contributed by atoms with van der Waals surface area (Å²) in [7, 11) is -3.29. The number of rotatable bonds is 9. The molecule has 12 aromatic rings. The molecule has 67 heavy (non-hydrogen) atoms. The summed E-state index contributed by atoms with van der Waals surface area (Å²) >= 11 is 0. The van der Waals surface area contributed by atoms with Crippen molar-refractivity contribution in [2.45, 2.75) is 0 Å². The van der Waals surface area contributed by atoms with Gasteiger partial charge in [-0.1, -0.05) is 206 Å². The van der Waals surface area contributed by atoms with Gasteiger partial charge in [0, 0.05) is 33.6 Å². The minimum absolute atomic E-state index is 0.551. The van der Waals surface area contributed by atoms with Crippen molar-refractivity contribution in [2.75, 3.05) is 0 Å². The molecule has 2 aromatic heterocycles. The monoisotopic (exact) mass is 875 g/mol. The van der Waals surface area contributed by atoms with E-state index in [1.54, 1.807) is 0 Å². The molecule has 0 aliphatic carbocycles. The first kappa shape index (κ1) is 40.1. The Bertz CT molecular complexity index is 3760. The molecule has 5 heteroatoms. The van der Waals surface area contributed by atoms with E-state index in [2.05, 4.69) is 174 Å². The molecule has 0 spiro atoms. The van der Waals surface area contributed by atoms with Gasteiger partial charge in [-0.05, 0) is 103 Å². The molecule has 0 radical (unpaired) electrons. The van der Waals surface area contributed by atoms with Crippen LogP contribution in [-0.4, -0.2) is 14.5 Å². The van der Waals surface area contributed by atoms with Crippen LogP contribution in [0.3, 0.4) is 0 Å². The Balaban J connectivity index is 1.08. The zero-order valence-electron chi connectivity index (χ0n) is 36.4. The minimum Gasteiger partial charge on any atom is -0.307 e. The number of nitrogens with zero attached hydrogens (tertiary/aromatic N) is 3. The van der Waals surface area contributed by atoms with Crippen LogP contribution in [0.1, 0.15) is 0 Å². The minimum atomic E-state index is -3.29. The highest BCUT2D eigenvalue weighted by Gasteiger charge is 2.31. The van der Waals surface area contributed by atoms with Crippen molar-refractivity contribution in [2.24, 2.45) is 0 Å². The molecule has 0 unspecified atom stereocenters. The highest BCUT2D eigenvalue weighted by molar-refractivity contribution is 7.85. The molecule has 0 N–H and O–H groups in total. The highest BCUT2D eigenvalue weighted by atomic mass is 31.2.